The zero-order chi connectivity index (χ0) is 15.1. The van der Waals surface area contributed by atoms with Crippen LogP contribution in [0.4, 0.5) is 0 Å². The predicted octanol–water partition coefficient (Wildman–Crippen LogP) is 4.40. The van der Waals surface area contributed by atoms with E-state index in [4.69, 9.17) is 4.74 Å². The number of hydrogen-bond donors (Lipinski definition) is 0. The van der Waals surface area contributed by atoms with Crippen molar-refractivity contribution in [2.24, 2.45) is 0 Å². The van der Waals surface area contributed by atoms with E-state index in [2.05, 4.69) is 18.7 Å². The monoisotopic (exact) mass is 285 g/mol. The fraction of sp³-hybridized carbons (Fsp3) is 0.941. The smallest absolute Gasteiger partial charge is 0.319 e. The van der Waals surface area contributed by atoms with Crippen molar-refractivity contribution in [1.82, 2.24) is 4.90 Å². The first kappa shape index (κ1) is 19.4. The summed E-state index contributed by atoms with van der Waals surface area (Å²) < 4.78 is 4.70. The van der Waals surface area contributed by atoms with E-state index >= 15 is 0 Å². The molecule has 0 amide bonds. The van der Waals surface area contributed by atoms with E-state index < -0.39 is 0 Å². The molecule has 0 rings (SSSR count). The van der Waals surface area contributed by atoms with Gasteiger partial charge in [-0.3, -0.25) is 9.69 Å². The number of unbranched alkanes of at least 4 members (excludes halogenated alkanes) is 9. The summed E-state index contributed by atoms with van der Waals surface area (Å²) in [4.78, 5) is 13.4. The third-order valence-corrected chi connectivity index (χ3v) is 3.86. The summed E-state index contributed by atoms with van der Waals surface area (Å²) in [5, 5.41) is 0. The molecule has 0 saturated carbocycles. The molecule has 0 aliphatic carbocycles. The Bertz CT molecular complexity index is 219. The van der Waals surface area contributed by atoms with Gasteiger partial charge in [0.25, 0.3) is 0 Å². The van der Waals surface area contributed by atoms with Gasteiger partial charge in [0, 0.05) is 0 Å². The van der Waals surface area contributed by atoms with Crippen molar-refractivity contribution in [2.45, 2.75) is 78.1 Å². The molecule has 0 spiro atoms. The van der Waals surface area contributed by atoms with Crippen LogP contribution in [-0.4, -0.2) is 37.6 Å². The van der Waals surface area contributed by atoms with Crippen LogP contribution < -0.4 is 0 Å². The van der Waals surface area contributed by atoms with Crippen molar-refractivity contribution in [3.05, 3.63) is 0 Å². The molecule has 0 aromatic carbocycles. The van der Waals surface area contributed by atoms with Gasteiger partial charge in [0.2, 0.25) is 0 Å². The molecule has 3 nitrogen and oxygen atoms in total. The van der Waals surface area contributed by atoms with Crippen molar-refractivity contribution in [2.75, 3.05) is 26.7 Å². The van der Waals surface area contributed by atoms with Gasteiger partial charge in [-0.15, -0.1) is 0 Å². The average Bonchev–Trinajstić information content (AvgIpc) is 2.47. The summed E-state index contributed by atoms with van der Waals surface area (Å²) >= 11 is 0. The minimum absolute atomic E-state index is 0.126. The summed E-state index contributed by atoms with van der Waals surface area (Å²) in [6, 6.07) is 0. The molecule has 0 heterocycles. The molecule has 0 saturated heterocycles. The fourth-order valence-electron chi connectivity index (χ4n) is 2.42. The lowest BCUT2D eigenvalue weighted by Crippen LogP contribution is -2.31. The number of rotatable bonds is 14. The van der Waals surface area contributed by atoms with E-state index in [1.807, 2.05) is 0 Å². The molecule has 0 bridgehead atoms. The van der Waals surface area contributed by atoms with Gasteiger partial charge >= 0.3 is 5.97 Å². The molecule has 0 atom stereocenters. The highest BCUT2D eigenvalue weighted by Gasteiger charge is 2.07. The van der Waals surface area contributed by atoms with Gasteiger partial charge in [-0.25, -0.2) is 0 Å². The molecule has 0 radical (unpaired) electrons. The lowest BCUT2D eigenvalue weighted by molar-refractivity contribution is -0.141. The molecular weight excluding hydrogens is 250 g/mol. The van der Waals surface area contributed by atoms with Crippen LogP contribution >= 0.6 is 0 Å². The first-order valence-corrected chi connectivity index (χ1v) is 8.53. The number of hydrogen-bond acceptors (Lipinski definition) is 3. The summed E-state index contributed by atoms with van der Waals surface area (Å²) in [7, 11) is 1.46. The second-order valence-electron chi connectivity index (χ2n) is 5.63. The number of carbonyl (C=O) groups excluding carboxylic acids is 1. The predicted molar refractivity (Wildman–Crippen MR) is 86.0 cm³/mol. The van der Waals surface area contributed by atoms with E-state index in [1.54, 1.807) is 0 Å². The molecule has 0 aliphatic heterocycles. The Hall–Kier alpha value is -0.570. The highest BCUT2D eigenvalue weighted by Crippen LogP contribution is 2.10. The zero-order valence-corrected chi connectivity index (χ0v) is 14.0. The first-order valence-electron chi connectivity index (χ1n) is 8.53. The molecule has 0 aromatic rings. The standard InChI is InChI=1S/C17H35NO2/c1-4-6-7-8-9-10-11-12-13-14-15-18(5-2)16-17(19)20-3/h4-16H2,1-3H3. The number of carbonyl (C=O) groups is 1. The Morgan fingerprint density at radius 2 is 1.35 bits per heavy atom. The van der Waals surface area contributed by atoms with Gasteiger partial charge in [-0.05, 0) is 19.5 Å². The highest BCUT2D eigenvalue weighted by molar-refractivity contribution is 5.71. The summed E-state index contributed by atoms with van der Waals surface area (Å²) in [6.07, 6.45) is 13.5. The normalized spacial score (nSPS) is 11.0. The van der Waals surface area contributed by atoms with Crippen LogP contribution in [0, 0.1) is 0 Å². The largest absolute Gasteiger partial charge is 0.468 e. The molecule has 0 fully saturated rings. The van der Waals surface area contributed by atoms with Crippen molar-refractivity contribution < 1.29 is 9.53 Å². The van der Waals surface area contributed by atoms with Crippen molar-refractivity contribution in [1.29, 1.82) is 0 Å². The van der Waals surface area contributed by atoms with Crippen LogP contribution in [0.1, 0.15) is 78.1 Å². The highest BCUT2D eigenvalue weighted by atomic mass is 16.5. The van der Waals surface area contributed by atoms with E-state index in [0.717, 1.165) is 13.1 Å². The van der Waals surface area contributed by atoms with Gasteiger partial charge in [0.15, 0.2) is 0 Å². The topological polar surface area (TPSA) is 29.5 Å². The van der Waals surface area contributed by atoms with E-state index in [1.165, 1.54) is 71.3 Å². The van der Waals surface area contributed by atoms with Gasteiger partial charge in [-0.2, -0.15) is 0 Å². The molecular formula is C17H35NO2. The van der Waals surface area contributed by atoms with Gasteiger partial charge < -0.3 is 4.74 Å². The van der Waals surface area contributed by atoms with Crippen LogP contribution in [0.2, 0.25) is 0 Å². The minimum atomic E-state index is -0.126. The van der Waals surface area contributed by atoms with Crippen LogP contribution in [0.25, 0.3) is 0 Å². The summed E-state index contributed by atoms with van der Waals surface area (Å²) in [6.45, 7) is 6.73. The van der Waals surface area contributed by atoms with Crippen molar-refractivity contribution in [3.8, 4) is 0 Å². The van der Waals surface area contributed by atoms with E-state index in [-0.39, 0.29) is 5.97 Å². The first-order chi connectivity index (χ1) is 9.74. The Kier molecular flexibility index (Phi) is 14.4. The fourth-order valence-corrected chi connectivity index (χ4v) is 2.42. The van der Waals surface area contributed by atoms with Crippen LogP contribution in [0.15, 0.2) is 0 Å². The molecule has 0 aliphatic rings. The quantitative estimate of drug-likeness (QED) is 0.350. The zero-order valence-electron chi connectivity index (χ0n) is 14.0. The number of ether oxygens (including phenoxy) is 1. The maximum absolute atomic E-state index is 11.2. The minimum Gasteiger partial charge on any atom is -0.468 e. The third-order valence-electron chi connectivity index (χ3n) is 3.86. The van der Waals surface area contributed by atoms with E-state index in [9.17, 15) is 4.79 Å². The molecule has 0 aromatic heterocycles. The van der Waals surface area contributed by atoms with Gasteiger partial charge in [-0.1, -0.05) is 71.6 Å². The van der Waals surface area contributed by atoms with Gasteiger partial charge in [0.05, 0.1) is 13.7 Å². The van der Waals surface area contributed by atoms with Gasteiger partial charge in [0.1, 0.15) is 0 Å². The van der Waals surface area contributed by atoms with Crippen molar-refractivity contribution in [3.63, 3.8) is 0 Å². The molecule has 0 unspecified atom stereocenters. The van der Waals surface area contributed by atoms with Crippen molar-refractivity contribution >= 4 is 5.97 Å². The lowest BCUT2D eigenvalue weighted by atomic mass is 10.1. The maximum Gasteiger partial charge on any atom is 0.319 e. The summed E-state index contributed by atoms with van der Waals surface area (Å²) in [5.41, 5.74) is 0. The van der Waals surface area contributed by atoms with Crippen LogP contribution in [0.5, 0.6) is 0 Å². The second kappa shape index (κ2) is 14.8. The second-order valence-corrected chi connectivity index (χ2v) is 5.63. The van der Waals surface area contributed by atoms with E-state index in [0.29, 0.717) is 6.54 Å². The Morgan fingerprint density at radius 1 is 0.850 bits per heavy atom. The number of esters is 1. The number of nitrogens with zero attached hydrogens (tertiary/aromatic N) is 1. The number of likely N-dealkylation sites (N-methyl/N-ethyl adjacent to an activating group) is 1. The Morgan fingerprint density at radius 3 is 1.80 bits per heavy atom. The molecule has 20 heavy (non-hydrogen) atoms. The molecule has 3 heteroatoms. The number of methoxy groups -OCH3 is 1. The SMILES string of the molecule is CCCCCCCCCCCCN(CC)CC(=O)OC. The molecule has 120 valence electrons. The van der Waals surface area contributed by atoms with Crippen LogP contribution in [-0.2, 0) is 9.53 Å². The lowest BCUT2D eigenvalue weighted by Gasteiger charge is -2.18. The van der Waals surface area contributed by atoms with Crippen LogP contribution in [0.3, 0.4) is 0 Å². The Balaban J connectivity index is 3.31. The average molecular weight is 285 g/mol. The maximum atomic E-state index is 11.2. The molecule has 0 N–H and O–H groups in total. The summed E-state index contributed by atoms with van der Waals surface area (Å²) in [5.74, 6) is -0.126. The third kappa shape index (κ3) is 12.5. The Labute approximate surface area is 126 Å².